The van der Waals surface area contributed by atoms with Gasteiger partial charge in [-0.05, 0) is 148 Å². The molecule has 0 spiro atoms. The Hall–Kier alpha value is -8.40. The number of aromatic nitrogens is 9. The standard InChI is InChI=1S/C22H27ClN6O.2C20H23ClN6O/c1-14-13-28(19-16(23)6-5-9-24-19)10-11-29(14)21(30)27-20-25-17-8-7-15(22(2,3)4)12-18(17)26-20;1-13-11-16-17(12-14(13)2)25(3)19(23-16)24-20(28)27-9-7-26(8-10-27)18-15(21)5-4-6-22-18;1-12-9-16-17(10-13(12)2)24-19(23-16)25-20(28)27-8-7-26(11-14(27)3)18-15(21)5-4-6-22-18/h5-9,12,14H,10-11,13H2,1-4H3,(H2,25,26,27,30);4-6,11-12H,7-10H2,1-3H3,(H,23,24,28);4-6,9-10,14H,7-8,11H2,1-3H3,(H2,23,24,25,28)/t14-;;14-/m1.0/s1. The van der Waals surface area contributed by atoms with Crippen LogP contribution in [0.3, 0.4) is 0 Å². The quantitative estimate of drug-likeness (QED) is 0.105. The fourth-order valence-corrected chi connectivity index (χ4v) is 11.5. The van der Waals surface area contributed by atoms with Crippen LogP contribution in [0, 0.1) is 27.7 Å². The first-order valence-corrected chi connectivity index (χ1v) is 29.9. The third-order valence-corrected chi connectivity index (χ3v) is 17.0. The molecule has 21 nitrogen and oxygen atoms in total. The monoisotopic (exact) mass is 1220 g/mol. The number of fused-ring (bicyclic) bond motifs is 3. The average molecular weight is 1220 g/mol. The molecule has 0 bridgehead atoms. The number of imidazole rings is 3. The molecule has 3 saturated heterocycles. The van der Waals surface area contributed by atoms with Crippen LogP contribution in [0.5, 0.6) is 0 Å². The summed E-state index contributed by atoms with van der Waals surface area (Å²) in [6.07, 6.45) is 5.20. The fourth-order valence-electron chi connectivity index (χ4n) is 10.8. The van der Waals surface area contributed by atoms with Crippen LogP contribution in [0.25, 0.3) is 33.1 Å². The number of nitrogens with one attached hydrogen (secondary N) is 5. The van der Waals surface area contributed by atoms with Gasteiger partial charge in [0.25, 0.3) is 0 Å². The molecule has 0 saturated carbocycles. The number of amides is 6. The second-order valence-corrected chi connectivity index (χ2v) is 24.4. The predicted molar refractivity (Wildman–Crippen MR) is 346 cm³/mol. The fraction of sp³-hybridized carbons (Fsp3) is 0.371. The smallest absolute Gasteiger partial charge is 0.324 e. The van der Waals surface area contributed by atoms with Gasteiger partial charge in [-0.25, -0.2) is 44.3 Å². The van der Waals surface area contributed by atoms with E-state index in [9.17, 15) is 14.4 Å². The number of hydrogen-bond acceptors (Lipinski definition) is 12. The van der Waals surface area contributed by atoms with E-state index in [1.165, 1.54) is 27.8 Å². The Morgan fingerprint density at radius 2 is 0.977 bits per heavy atom. The van der Waals surface area contributed by atoms with E-state index < -0.39 is 0 Å². The molecule has 2 atom stereocenters. The number of aromatic amines is 2. The first kappa shape index (κ1) is 60.7. The van der Waals surface area contributed by atoms with Gasteiger partial charge in [0.15, 0.2) is 0 Å². The number of hydrogen-bond donors (Lipinski definition) is 5. The molecule has 6 aromatic heterocycles. The van der Waals surface area contributed by atoms with Gasteiger partial charge < -0.3 is 43.9 Å². The number of rotatable bonds is 6. The average Bonchev–Trinajstić information content (AvgIpc) is 4.18. The summed E-state index contributed by atoms with van der Waals surface area (Å²) in [5.74, 6) is 3.78. The molecule has 9 heterocycles. The van der Waals surface area contributed by atoms with Gasteiger partial charge in [0.05, 0.1) is 48.2 Å². The summed E-state index contributed by atoms with van der Waals surface area (Å²) in [7, 11) is 1.92. The van der Waals surface area contributed by atoms with E-state index in [0.717, 1.165) is 50.6 Å². The molecular weight excluding hydrogens is 1150 g/mol. The number of halogens is 3. The van der Waals surface area contributed by atoms with Crippen molar-refractivity contribution in [2.24, 2.45) is 7.05 Å². The van der Waals surface area contributed by atoms with Crippen molar-refractivity contribution in [2.75, 3.05) is 96.1 Å². The van der Waals surface area contributed by atoms with Crippen LogP contribution >= 0.6 is 34.8 Å². The lowest BCUT2D eigenvalue weighted by atomic mass is 9.87. The summed E-state index contributed by atoms with van der Waals surface area (Å²) in [5.41, 5.74) is 11.4. The maximum absolute atomic E-state index is 12.9. The normalized spacial score (nSPS) is 16.4. The van der Waals surface area contributed by atoms with E-state index in [1.807, 2.05) is 89.9 Å². The molecule has 3 aliphatic heterocycles. The lowest BCUT2D eigenvalue weighted by Crippen LogP contribution is -2.55. The summed E-state index contributed by atoms with van der Waals surface area (Å²) in [6.45, 7) is 25.2. The van der Waals surface area contributed by atoms with E-state index in [0.29, 0.717) is 98.4 Å². The van der Waals surface area contributed by atoms with Crippen LogP contribution in [-0.4, -0.2) is 155 Å². The van der Waals surface area contributed by atoms with Crippen molar-refractivity contribution in [3.63, 3.8) is 0 Å². The van der Waals surface area contributed by atoms with Gasteiger partial charge in [0, 0.05) is 103 Å². The minimum Gasteiger partial charge on any atom is -0.352 e. The van der Waals surface area contributed by atoms with Crippen LogP contribution in [0.1, 0.15) is 62.4 Å². The highest BCUT2D eigenvalue weighted by Crippen LogP contribution is 2.30. The lowest BCUT2D eigenvalue weighted by molar-refractivity contribution is 0.184. The highest BCUT2D eigenvalue weighted by molar-refractivity contribution is 6.33. The number of piperazine rings is 3. The number of carbonyl (C=O) groups excluding carboxylic acids is 3. The molecule has 9 aromatic rings. The number of carbonyl (C=O) groups is 3. The molecule has 3 aromatic carbocycles. The van der Waals surface area contributed by atoms with E-state index >= 15 is 0 Å². The van der Waals surface area contributed by atoms with Crippen molar-refractivity contribution in [1.82, 2.24) is 59.1 Å². The maximum atomic E-state index is 12.9. The Bertz CT molecular complexity index is 3900. The topological polar surface area (TPSA) is 221 Å². The first-order valence-electron chi connectivity index (χ1n) is 28.8. The third kappa shape index (κ3) is 13.6. The Morgan fingerprint density at radius 1 is 0.523 bits per heavy atom. The molecule has 6 amide bonds. The van der Waals surface area contributed by atoms with E-state index in [-0.39, 0.29) is 35.6 Å². The van der Waals surface area contributed by atoms with Crippen LogP contribution in [0.15, 0.2) is 97.5 Å². The molecule has 86 heavy (non-hydrogen) atoms. The zero-order chi connectivity index (χ0) is 61.1. The molecule has 0 radical (unpaired) electrons. The van der Waals surface area contributed by atoms with Crippen LogP contribution in [-0.2, 0) is 12.5 Å². The molecule has 450 valence electrons. The van der Waals surface area contributed by atoms with Gasteiger partial charge >= 0.3 is 18.1 Å². The van der Waals surface area contributed by atoms with E-state index in [4.69, 9.17) is 34.8 Å². The van der Waals surface area contributed by atoms with Crippen LogP contribution in [0.2, 0.25) is 15.1 Å². The SMILES string of the molecule is C[C@@H]1CN(c2ncccc2Cl)CCN1C(=O)Nc1nc2ccc(C(C)(C)C)cc2[nH]1.Cc1cc2nc(NC(=O)N3CCN(c4ncccc4Cl)CC3)n(C)c2cc1C.Cc1cc2nc(NC(=O)N3CCN(c4ncccc4Cl)C[C@@H]3C)[nH]c2cc1C. The first-order chi connectivity index (χ1) is 41.1. The minimum atomic E-state index is -0.163. The highest BCUT2D eigenvalue weighted by Gasteiger charge is 2.32. The van der Waals surface area contributed by atoms with E-state index in [2.05, 4.69) is 143 Å². The summed E-state index contributed by atoms with van der Waals surface area (Å²) in [5, 5.41) is 10.6. The van der Waals surface area contributed by atoms with Crippen molar-refractivity contribution in [1.29, 1.82) is 0 Å². The second-order valence-electron chi connectivity index (χ2n) is 23.2. The number of benzene rings is 3. The minimum absolute atomic E-state index is 0.00805. The molecule has 0 aliphatic carbocycles. The van der Waals surface area contributed by atoms with Gasteiger partial charge in [-0.3, -0.25) is 16.0 Å². The van der Waals surface area contributed by atoms with Gasteiger partial charge in [0.1, 0.15) is 17.5 Å². The van der Waals surface area contributed by atoms with Crippen molar-refractivity contribution in [3.05, 3.63) is 140 Å². The number of nitrogens with zero attached hydrogens (tertiary/aromatic N) is 13. The van der Waals surface area contributed by atoms with Gasteiger partial charge in [-0.15, -0.1) is 0 Å². The molecule has 5 N–H and O–H groups in total. The summed E-state index contributed by atoms with van der Waals surface area (Å²) >= 11 is 18.8. The number of H-pyrrole nitrogens is 2. The number of pyridine rings is 3. The predicted octanol–water partition coefficient (Wildman–Crippen LogP) is 12.2. The van der Waals surface area contributed by atoms with Crippen molar-refractivity contribution >= 4 is 121 Å². The summed E-state index contributed by atoms with van der Waals surface area (Å²) < 4.78 is 1.92. The van der Waals surface area contributed by atoms with Gasteiger partial charge in [-0.1, -0.05) is 61.6 Å². The van der Waals surface area contributed by atoms with Crippen LogP contribution in [0.4, 0.5) is 49.7 Å². The molecular formula is C62H73Cl3N18O3. The Balaban J connectivity index is 0.000000143. The summed E-state index contributed by atoms with van der Waals surface area (Å²) in [6, 6.07) is 24.9. The third-order valence-electron chi connectivity index (χ3n) is 16.1. The zero-order valence-corrected chi connectivity index (χ0v) is 52.4. The second kappa shape index (κ2) is 25.7. The van der Waals surface area contributed by atoms with Crippen molar-refractivity contribution in [3.8, 4) is 0 Å². The molecule has 0 unspecified atom stereocenters. The molecule has 3 fully saturated rings. The number of urea groups is 3. The van der Waals surface area contributed by atoms with Crippen molar-refractivity contribution in [2.45, 2.75) is 79.8 Å². The van der Waals surface area contributed by atoms with E-state index in [1.54, 1.807) is 23.5 Å². The maximum Gasteiger partial charge on any atom is 0.324 e. The molecule has 12 rings (SSSR count). The largest absolute Gasteiger partial charge is 0.352 e. The van der Waals surface area contributed by atoms with Gasteiger partial charge in [-0.2, -0.15) is 0 Å². The zero-order valence-electron chi connectivity index (χ0n) is 50.1. The molecule has 24 heteroatoms. The van der Waals surface area contributed by atoms with Crippen LogP contribution < -0.4 is 30.7 Å². The molecule has 3 aliphatic rings. The van der Waals surface area contributed by atoms with Gasteiger partial charge in [0.2, 0.25) is 17.8 Å². The Kier molecular flexibility index (Phi) is 18.1. The highest BCUT2D eigenvalue weighted by atomic mass is 35.5. The number of aryl methyl sites for hydroxylation is 5. The Labute approximate surface area is 515 Å². The Morgan fingerprint density at radius 3 is 1.48 bits per heavy atom. The lowest BCUT2D eigenvalue weighted by Gasteiger charge is -2.40. The summed E-state index contributed by atoms with van der Waals surface area (Å²) in [4.78, 5) is 83.3. The number of anilines is 6. The van der Waals surface area contributed by atoms with Crippen molar-refractivity contribution < 1.29 is 14.4 Å².